The molecule has 2 aromatic carbocycles. The van der Waals surface area contributed by atoms with Gasteiger partial charge in [0.25, 0.3) is 5.91 Å². The van der Waals surface area contributed by atoms with Crippen LogP contribution in [-0.2, 0) is 0 Å². The zero-order chi connectivity index (χ0) is 22.2. The fourth-order valence-electron chi connectivity index (χ4n) is 4.73. The minimum absolute atomic E-state index is 0.0897. The number of urea groups is 1. The first-order chi connectivity index (χ1) is 15.6. The molecule has 0 bridgehead atoms. The topological polar surface area (TPSA) is 85.8 Å². The molecule has 1 saturated heterocycles. The number of amides is 3. The Labute approximate surface area is 184 Å². The zero-order valence-corrected chi connectivity index (χ0v) is 17.1. The predicted molar refractivity (Wildman–Crippen MR) is 117 cm³/mol. The number of nitrogens with one attached hydrogen (secondary N) is 1. The number of para-hydroxylation sites is 1. The fraction of sp³-hybridized carbons (Fsp3) is 0.208. The Morgan fingerprint density at radius 3 is 2.59 bits per heavy atom. The molecule has 0 unspecified atom stereocenters. The quantitative estimate of drug-likeness (QED) is 0.665. The molecule has 3 aromatic rings. The summed E-state index contributed by atoms with van der Waals surface area (Å²) < 4.78 is 13.2. The van der Waals surface area contributed by atoms with Gasteiger partial charge in [0.2, 0.25) is 0 Å². The number of aliphatic hydroxyl groups excluding tert-OH is 1. The highest BCUT2D eigenvalue weighted by Gasteiger charge is 2.55. The molecular formula is C24H21FN4O3. The Kier molecular flexibility index (Phi) is 5.07. The van der Waals surface area contributed by atoms with Crippen molar-refractivity contribution in [1.29, 1.82) is 0 Å². The Bertz CT molecular complexity index is 1160. The van der Waals surface area contributed by atoms with Gasteiger partial charge in [0, 0.05) is 36.2 Å². The lowest BCUT2D eigenvalue weighted by Gasteiger charge is -2.58. The summed E-state index contributed by atoms with van der Waals surface area (Å²) in [4.78, 5) is 33.6. The van der Waals surface area contributed by atoms with Crippen molar-refractivity contribution in [2.45, 2.75) is 18.0 Å². The number of benzene rings is 2. The first kappa shape index (κ1) is 20.1. The second kappa shape index (κ2) is 8.05. The van der Waals surface area contributed by atoms with E-state index in [0.717, 1.165) is 11.3 Å². The maximum absolute atomic E-state index is 13.3. The summed E-state index contributed by atoms with van der Waals surface area (Å²) in [6.45, 7) is 0.0889. The van der Waals surface area contributed by atoms with Gasteiger partial charge >= 0.3 is 6.03 Å². The molecule has 2 aliphatic heterocycles. The number of aromatic nitrogens is 1. The first-order valence-corrected chi connectivity index (χ1v) is 10.3. The summed E-state index contributed by atoms with van der Waals surface area (Å²) >= 11 is 0. The summed E-state index contributed by atoms with van der Waals surface area (Å²) in [5, 5.41) is 12.8. The van der Waals surface area contributed by atoms with Gasteiger partial charge in [0.1, 0.15) is 5.82 Å². The fourth-order valence-corrected chi connectivity index (χ4v) is 4.73. The number of carbonyl (C=O) groups is 2. The third kappa shape index (κ3) is 3.29. The Hall–Kier alpha value is -3.78. The highest BCUT2D eigenvalue weighted by molar-refractivity contribution is 6.07. The number of likely N-dealkylation sites (tertiary alicyclic amines) is 1. The lowest BCUT2D eigenvalue weighted by molar-refractivity contribution is -0.00265. The number of halogens is 1. The van der Waals surface area contributed by atoms with E-state index in [4.69, 9.17) is 0 Å². The van der Waals surface area contributed by atoms with Gasteiger partial charge in [-0.25, -0.2) is 9.18 Å². The third-order valence-corrected chi connectivity index (χ3v) is 6.17. The molecule has 32 heavy (non-hydrogen) atoms. The molecule has 7 nitrogen and oxygen atoms in total. The van der Waals surface area contributed by atoms with Crippen LogP contribution in [0.25, 0.3) is 0 Å². The van der Waals surface area contributed by atoms with E-state index >= 15 is 0 Å². The molecule has 2 N–H and O–H groups in total. The van der Waals surface area contributed by atoms with E-state index < -0.39 is 17.9 Å². The minimum Gasteiger partial charge on any atom is -0.394 e. The van der Waals surface area contributed by atoms with Crippen molar-refractivity contribution < 1.29 is 19.1 Å². The number of nitrogens with zero attached hydrogens (tertiary/aromatic N) is 3. The normalized spacial score (nSPS) is 21.2. The van der Waals surface area contributed by atoms with Crippen molar-refractivity contribution in [3.8, 4) is 0 Å². The molecule has 1 aromatic heterocycles. The number of hydrogen-bond donors (Lipinski definition) is 2. The summed E-state index contributed by atoms with van der Waals surface area (Å²) in [6, 6.07) is 15.4. The smallest absolute Gasteiger partial charge is 0.322 e. The molecule has 2 aliphatic rings. The molecule has 3 amide bonds. The van der Waals surface area contributed by atoms with E-state index in [-0.39, 0.29) is 24.5 Å². The van der Waals surface area contributed by atoms with Crippen molar-refractivity contribution in [2.24, 2.45) is 0 Å². The molecular weight excluding hydrogens is 411 g/mol. The first-order valence-electron chi connectivity index (χ1n) is 10.3. The van der Waals surface area contributed by atoms with Crippen LogP contribution in [0.3, 0.4) is 0 Å². The summed E-state index contributed by atoms with van der Waals surface area (Å²) in [5.74, 6) is -0.683. The van der Waals surface area contributed by atoms with E-state index in [1.54, 1.807) is 28.1 Å². The highest BCUT2D eigenvalue weighted by Crippen LogP contribution is 2.48. The molecule has 0 aliphatic carbocycles. The SMILES string of the molecule is O=C(c1cccnc1)N1C[C@@H]2[C@H](c3ccccc31)[C@@H](CO)N2C(=O)Nc1ccc(F)cc1. The highest BCUT2D eigenvalue weighted by atomic mass is 19.1. The summed E-state index contributed by atoms with van der Waals surface area (Å²) in [5.41, 5.74) is 2.61. The number of fused-ring (bicyclic) bond motifs is 3. The Balaban J connectivity index is 1.46. The van der Waals surface area contributed by atoms with Gasteiger partial charge in [-0.2, -0.15) is 0 Å². The number of aliphatic hydroxyl groups is 1. The van der Waals surface area contributed by atoms with Gasteiger partial charge in [0.15, 0.2) is 0 Å². The van der Waals surface area contributed by atoms with Crippen LogP contribution >= 0.6 is 0 Å². The lowest BCUT2D eigenvalue weighted by Crippen LogP contribution is -2.71. The van der Waals surface area contributed by atoms with Crippen LogP contribution in [0, 0.1) is 5.82 Å². The van der Waals surface area contributed by atoms with Crippen LogP contribution in [0.5, 0.6) is 0 Å². The second-order valence-corrected chi connectivity index (χ2v) is 7.90. The summed E-state index contributed by atoms with van der Waals surface area (Å²) in [7, 11) is 0. The number of anilines is 2. The van der Waals surface area contributed by atoms with E-state index in [1.165, 1.54) is 30.5 Å². The van der Waals surface area contributed by atoms with Crippen molar-refractivity contribution in [2.75, 3.05) is 23.4 Å². The number of hydrogen-bond acceptors (Lipinski definition) is 4. The van der Waals surface area contributed by atoms with Gasteiger partial charge in [-0.3, -0.25) is 9.78 Å². The maximum Gasteiger partial charge on any atom is 0.322 e. The van der Waals surface area contributed by atoms with Crippen molar-refractivity contribution in [3.63, 3.8) is 0 Å². The van der Waals surface area contributed by atoms with E-state index in [0.29, 0.717) is 17.8 Å². The standard InChI is InChI=1S/C24H21FN4O3/c25-16-7-9-17(10-8-16)27-24(32)29-20-13-28(23(31)15-4-3-11-26-12-15)19-6-2-1-5-18(19)22(20)21(29)14-30/h1-12,20-22,30H,13-14H2,(H,27,32)/t20-,21-,22+/m1/s1. The molecule has 1 fully saturated rings. The van der Waals surface area contributed by atoms with Crippen molar-refractivity contribution in [1.82, 2.24) is 9.88 Å². The van der Waals surface area contributed by atoms with Crippen LogP contribution in [0.1, 0.15) is 21.8 Å². The van der Waals surface area contributed by atoms with E-state index in [2.05, 4.69) is 10.3 Å². The molecule has 3 heterocycles. The number of carbonyl (C=O) groups excluding carboxylic acids is 2. The van der Waals surface area contributed by atoms with Gasteiger partial charge in [-0.1, -0.05) is 18.2 Å². The number of rotatable bonds is 3. The Morgan fingerprint density at radius 2 is 1.88 bits per heavy atom. The largest absolute Gasteiger partial charge is 0.394 e. The predicted octanol–water partition coefficient (Wildman–Crippen LogP) is 3.24. The lowest BCUT2D eigenvalue weighted by atomic mass is 9.72. The van der Waals surface area contributed by atoms with Gasteiger partial charge < -0.3 is 20.2 Å². The molecule has 0 radical (unpaired) electrons. The summed E-state index contributed by atoms with van der Waals surface area (Å²) in [6.07, 6.45) is 3.13. The van der Waals surface area contributed by atoms with Gasteiger partial charge in [-0.05, 0) is 48.0 Å². The average molecular weight is 432 g/mol. The second-order valence-electron chi connectivity index (χ2n) is 7.90. The minimum atomic E-state index is -0.419. The average Bonchev–Trinajstić information content (AvgIpc) is 2.81. The van der Waals surface area contributed by atoms with Gasteiger partial charge in [0.05, 0.1) is 24.3 Å². The molecule has 5 rings (SSSR count). The van der Waals surface area contributed by atoms with Crippen LogP contribution in [-0.4, -0.2) is 52.2 Å². The van der Waals surface area contributed by atoms with Crippen molar-refractivity contribution in [3.05, 3.63) is 90.0 Å². The number of pyridine rings is 1. The molecule has 162 valence electrons. The van der Waals surface area contributed by atoms with Crippen LogP contribution in [0.15, 0.2) is 73.1 Å². The molecule has 0 saturated carbocycles. The molecule has 0 spiro atoms. The maximum atomic E-state index is 13.3. The van der Waals surface area contributed by atoms with E-state index in [1.807, 2.05) is 24.3 Å². The van der Waals surface area contributed by atoms with E-state index in [9.17, 15) is 19.1 Å². The molecule has 3 atom stereocenters. The van der Waals surface area contributed by atoms with Crippen LogP contribution in [0.4, 0.5) is 20.6 Å². The molecule has 8 heteroatoms. The Morgan fingerprint density at radius 1 is 1.09 bits per heavy atom. The third-order valence-electron chi connectivity index (χ3n) is 6.17. The van der Waals surface area contributed by atoms with Crippen LogP contribution < -0.4 is 10.2 Å². The van der Waals surface area contributed by atoms with Crippen LogP contribution in [0.2, 0.25) is 0 Å². The van der Waals surface area contributed by atoms with Gasteiger partial charge in [-0.15, -0.1) is 0 Å². The monoisotopic (exact) mass is 432 g/mol. The zero-order valence-electron chi connectivity index (χ0n) is 17.1. The van der Waals surface area contributed by atoms with Crippen molar-refractivity contribution >= 4 is 23.3 Å².